The van der Waals surface area contributed by atoms with E-state index in [1.54, 1.807) is 0 Å². The average molecular weight is 346 g/mol. The van der Waals surface area contributed by atoms with Gasteiger partial charge in [-0.05, 0) is 68.7 Å². The third kappa shape index (κ3) is 4.21. The molecule has 1 nitrogen and oxygen atoms in total. The molecule has 3 heteroatoms. The molecular formula is C16H22BrClO. The van der Waals surface area contributed by atoms with Crippen LogP contribution in [0.4, 0.5) is 0 Å². The summed E-state index contributed by atoms with van der Waals surface area (Å²) in [7, 11) is 0. The van der Waals surface area contributed by atoms with Crippen molar-refractivity contribution >= 4 is 27.5 Å². The number of rotatable bonds is 4. The topological polar surface area (TPSA) is 9.23 Å². The summed E-state index contributed by atoms with van der Waals surface area (Å²) in [5.74, 6) is 0. The smallest absolute Gasteiger partial charge is 0.0575 e. The van der Waals surface area contributed by atoms with Gasteiger partial charge in [-0.15, -0.1) is 0 Å². The van der Waals surface area contributed by atoms with Crippen molar-refractivity contribution in [3.8, 4) is 0 Å². The summed E-state index contributed by atoms with van der Waals surface area (Å²) in [6.07, 6.45) is 6.37. The standard InChI is InChI=1S/C16H22BrClO/c1-11-9-14(16(18)10-12(11)2)15(17)7-6-13-5-3-4-8-19-13/h9-10,13,15H,3-8H2,1-2H3. The molecule has 0 spiro atoms. The monoisotopic (exact) mass is 344 g/mol. The van der Waals surface area contributed by atoms with Crippen molar-refractivity contribution in [1.29, 1.82) is 0 Å². The van der Waals surface area contributed by atoms with Gasteiger partial charge in [0, 0.05) is 16.5 Å². The Morgan fingerprint density at radius 1 is 1.32 bits per heavy atom. The van der Waals surface area contributed by atoms with E-state index in [0.717, 1.165) is 24.5 Å². The van der Waals surface area contributed by atoms with Crippen molar-refractivity contribution in [1.82, 2.24) is 0 Å². The van der Waals surface area contributed by atoms with E-state index in [1.165, 1.54) is 36.0 Å². The van der Waals surface area contributed by atoms with E-state index in [1.807, 2.05) is 0 Å². The summed E-state index contributed by atoms with van der Waals surface area (Å²) in [6.45, 7) is 5.17. The summed E-state index contributed by atoms with van der Waals surface area (Å²) in [5, 5.41) is 0.870. The van der Waals surface area contributed by atoms with Crippen LogP contribution in [-0.2, 0) is 4.74 Å². The Morgan fingerprint density at radius 3 is 2.74 bits per heavy atom. The molecule has 0 bridgehead atoms. The van der Waals surface area contributed by atoms with Gasteiger partial charge < -0.3 is 4.74 Å². The van der Waals surface area contributed by atoms with Crippen LogP contribution >= 0.6 is 27.5 Å². The molecule has 1 aromatic rings. The first-order chi connectivity index (χ1) is 9.08. The van der Waals surface area contributed by atoms with Crippen LogP contribution < -0.4 is 0 Å². The van der Waals surface area contributed by atoms with Gasteiger partial charge in [-0.3, -0.25) is 0 Å². The minimum atomic E-state index is 0.324. The van der Waals surface area contributed by atoms with E-state index < -0.39 is 0 Å². The fraction of sp³-hybridized carbons (Fsp3) is 0.625. The zero-order chi connectivity index (χ0) is 13.8. The van der Waals surface area contributed by atoms with Gasteiger partial charge in [0.15, 0.2) is 0 Å². The predicted molar refractivity (Wildman–Crippen MR) is 85.4 cm³/mol. The van der Waals surface area contributed by atoms with Crippen molar-refractivity contribution in [2.24, 2.45) is 0 Å². The van der Waals surface area contributed by atoms with Gasteiger partial charge >= 0.3 is 0 Å². The quantitative estimate of drug-likeness (QED) is 0.632. The number of hydrogen-bond acceptors (Lipinski definition) is 1. The van der Waals surface area contributed by atoms with E-state index in [9.17, 15) is 0 Å². The molecule has 0 N–H and O–H groups in total. The van der Waals surface area contributed by atoms with Gasteiger partial charge in [0.05, 0.1) is 6.10 Å². The number of aryl methyl sites for hydroxylation is 2. The molecule has 1 fully saturated rings. The van der Waals surface area contributed by atoms with Crippen molar-refractivity contribution in [3.05, 3.63) is 33.8 Å². The first kappa shape index (κ1) is 15.3. The summed E-state index contributed by atoms with van der Waals surface area (Å²) < 4.78 is 5.78. The molecule has 1 aliphatic rings. The number of halogens is 2. The molecule has 19 heavy (non-hydrogen) atoms. The van der Waals surface area contributed by atoms with Crippen LogP contribution in [-0.4, -0.2) is 12.7 Å². The van der Waals surface area contributed by atoms with Gasteiger partial charge in [0.1, 0.15) is 0 Å². The normalized spacial score (nSPS) is 21.4. The van der Waals surface area contributed by atoms with Crippen LogP contribution in [0.25, 0.3) is 0 Å². The summed E-state index contributed by atoms with van der Waals surface area (Å²) in [5.41, 5.74) is 3.77. The van der Waals surface area contributed by atoms with Gasteiger partial charge in [-0.25, -0.2) is 0 Å². The lowest BCUT2D eigenvalue weighted by atomic mass is 9.99. The van der Waals surface area contributed by atoms with Crippen molar-refractivity contribution in [3.63, 3.8) is 0 Å². The molecule has 2 rings (SSSR count). The van der Waals surface area contributed by atoms with Crippen LogP contribution in [0, 0.1) is 13.8 Å². The zero-order valence-corrected chi connectivity index (χ0v) is 14.1. The Labute approximate surface area is 129 Å². The maximum atomic E-state index is 6.36. The van der Waals surface area contributed by atoms with E-state index in [4.69, 9.17) is 16.3 Å². The second-order valence-corrected chi connectivity index (χ2v) is 7.00. The highest BCUT2D eigenvalue weighted by atomic mass is 79.9. The van der Waals surface area contributed by atoms with Crippen molar-refractivity contribution in [2.45, 2.75) is 56.9 Å². The molecule has 1 aromatic carbocycles. The molecule has 1 saturated heterocycles. The lowest BCUT2D eigenvalue weighted by molar-refractivity contribution is 0.0102. The Morgan fingerprint density at radius 2 is 2.05 bits per heavy atom. The molecule has 2 unspecified atom stereocenters. The number of alkyl halides is 1. The lowest BCUT2D eigenvalue weighted by Gasteiger charge is -2.24. The Hall–Kier alpha value is -0.0500. The third-order valence-corrected chi connectivity index (χ3v) is 5.24. The van der Waals surface area contributed by atoms with Crippen LogP contribution in [0.2, 0.25) is 5.02 Å². The Kier molecular flexibility index (Phi) is 5.73. The fourth-order valence-corrected chi connectivity index (χ4v) is 3.69. The van der Waals surface area contributed by atoms with E-state index in [-0.39, 0.29) is 0 Å². The van der Waals surface area contributed by atoms with Gasteiger partial charge in [0.25, 0.3) is 0 Å². The minimum Gasteiger partial charge on any atom is -0.378 e. The minimum absolute atomic E-state index is 0.324. The van der Waals surface area contributed by atoms with E-state index >= 15 is 0 Å². The summed E-state index contributed by atoms with van der Waals surface area (Å²) in [4.78, 5) is 0.324. The lowest BCUT2D eigenvalue weighted by Crippen LogP contribution is -2.19. The largest absolute Gasteiger partial charge is 0.378 e. The number of ether oxygens (including phenoxy) is 1. The van der Waals surface area contributed by atoms with Crippen LogP contribution in [0.1, 0.15) is 53.6 Å². The predicted octanol–water partition coefficient (Wildman–Crippen LogP) is 5.74. The molecular weight excluding hydrogens is 324 g/mol. The molecule has 0 amide bonds. The molecule has 0 saturated carbocycles. The van der Waals surface area contributed by atoms with Gasteiger partial charge in [-0.2, -0.15) is 0 Å². The number of benzene rings is 1. The van der Waals surface area contributed by atoms with Gasteiger partial charge in [0.2, 0.25) is 0 Å². The Bertz CT molecular complexity index is 427. The highest BCUT2D eigenvalue weighted by molar-refractivity contribution is 9.09. The van der Waals surface area contributed by atoms with Crippen LogP contribution in [0.15, 0.2) is 12.1 Å². The summed E-state index contributed by atoms with van der Waals surface area (Å²) in [6, 6.07) is 4.27. The SMILES string of the molecule is Cc1cc(Cl)c(C(Br)CCC2CCCCO2)cc1C. The maximum absolute atomic E-state index is 6.36. The molecule has 0 aromatic heterocycles. The highest BCUT2D eigenvalue weighted by Gasteiger charge is 2.18. The highest BCUT2D eigenvalue weighted by Crippen LogP contribution is 2.35. The van der Waals surface area contributed by atoms with Crippen LogP contribution in [0.5, 0.6) is 0 Å². The Balaban J connectivity index is 1.95. The third-order valence-electron chi connectivity index (χ3n) is 3.97. The molecule has 0 aliphatic carbocycles. The first-order valence-electron chi connectivity index (χ1n) is 7.10. The molecule has 1 aliphatic heterocycles. The molecule has 106 valence electrons. The molecule has 0 radical (unpaired) electrons. The maximum Gasteiger partial charge on any atom is 0.0575 e. The molecule has 1 heterocycles. The van der Waals surface area contributed by atoms with Gasteiger partial charge in [-0.1, -0.05) is 33.6 Å². The fourth-order valence-electron chi connectivity index (χ4n) is 2.57. The number of hydrogen-bond donors (Lipinski definition) is 0. The zero-order valence-electron chi connectivity index (χ0n) is 11.7. The average Bonchev–Trinajstić information content (AvgIpc) is 2.41. The van der Waals surface area contributed by atoms with E-state index in [2.05, 4.69) is 41.9 Å². The second-order valence-electron chi connectivity index (χ2n) is 5.49. The molecule has 2 atom stereocenters. The summed E-state index contributed by atoms with van der Waals surface area (Å²) >= 11 is 10.1. The first-order valence-corrected chi connectivity index (χ1v) is 8.39. The second kappa shape index (κ2) is 7.10. The van der Waals surface area contributed by atoms with Crippen molar-refractivity contribution < 1.29 is 4.74 Å². The van der Waals surface area contributed by atoms with Crippen molar-refractivity contribution in [2.75, 3.05) is 6.61 Å². The van der Waals surface area contributed by atoms with E-state index in [0.29, 0.717) is 10.9 Å². The van der Waals surface area contributed by atoms with Crippen LogP contribution in [0.3, 0.4) is 0 Å².